The fourth-order valence-electron chi connectivity index (χ4n) is 2.41. The summed E-state index contributed by atoms with van der Waals surface area (Å²) in [5.41, 5.74) is 0.131. The third-order valence-corrected chi connectivity index (χ3v) is 3.56. The highest BCUT2D eigenvalue weighted by molar-refractivity contribution is 5.85. The summed E-state index contributed by atoms with van der Waals surface area (Å²) in [6.07, 6.45) is 0. The normalized spacial score (nSPS) is 10.3. The van der Waals surface area contributed by atoms with Crippen LogP contribution in [-0.2, 0) is 0 Å². The van der Waals surface area contributed by atoms with Gasteiger partial charge in [-0.05, 0) is 18.2 Å². The fraction of sp³-hybridized carbons (Fsp3) is 0.118. The van der Waals surface area contributed by atoms with Crippen LogP contribution in [0.15, 0.2) is 39.5 Å². The fourth-order valence-corrected chi connectivity index (χ4v) is 2.41. The largest absolute Gasteiger partial charge is 0.507 e. The monoisotopic (exact) mass is 366 g/mol. The first-order valence-electron chi connectivity index (χ1n) is 6.89. The number of halogens is 1. The maximum Gasteiger partial charge on any atom is 0.200 e. The third-order valence-electron chi connectivity index (χ3n) is 3.56. The zero-order valence-electron chi connectivity index (χ0n) is 13.3. The second-order valence-corrected chi connectivity index (χ2v) is 5.04. The number of ether oxygens (including phenoxy) is 2. The number of rotatable bonds is 3. The van der Waals surface area contributed by atoms with Crippen molar-refractivity contribution < 1.29 is 29.2 Å². The summed E-state index contributed by atoms with van der Waals surface area (Å²) in [6, 6.07) is 6.41. The second kappa shape index (κ2) is 6.82. The molecule has 132 valence electrons. The minimum atomic E-state index is -0.429. The molecular weight excluding hydrogens is 352 g/mol. The van der Waals surface area contributed by atoms with E-state index in [1.807, 2.05) is 0 Å². The van der Waals surface area contributed by atoms with Crippen molar-refractivity contribution in [2.75, 3.05) is 14.2 Å². The molecule has 0 atom stereocenters. The van der Waals surface area contributed by atoms with Crippen LogP contribution in [0.4, 0.5) is 0 Å². The van der Waals surface area contributed by atoms with Gasteiger partial charge in [0, 0.05) is 17.7 Å². The molecule has 1 aliphatic heterocycles. The van der Waals surface area contributed by atoms with Gasteiger partial charge in [0.05, 0.1) is 19.8 Å². The van der Waals surface area contributed by atoms with E-state index in [-0.39, 0.29) is 58.2 Å². The predicted molar refractivity (Wildman–Crippen MR) is 92.4 cm³/mol. The van der Waals surface area contributed by atoms with Crippen molar-refractivity contribution in [2.24, 2.45) is 0 Å². The molecule has 0 spiro atoms. The Morgan fingerprint density at radius 1 is 0.880 bits per heavy atom. The second-order valence-electron chi connectivity index (χ2n) is 5.04. The van der Waals surface area contributed by atoms with Gasteiger partial charge in [-0.2, -0.15) is 0 Å². The van der Waals surface area contributed by atoms with Gasteiger partial charge in [0.1, 0.15) is 11.5 Å². The van der Waals surface area contributed by atoms with Crippen LogP contribution in [0.3, 0.4) is 0 Å². The van der Waals surface area contributed by atoms with E-state index < -0.39 is 5.43 Å². The maximum absolute atomic E-state index is 11.5. The number of aromatic hydroxyl groups is 3. The summed E-state index contributed by atoms with van der Waals surface area (Å²) in [5.74, 6) is -0.347. The van der Waals surface area contributed by atoms with Crippen molar-refractivity contribution in [3.8, 4) is 51.4 Å². The Morgan fingerprint density at radius 2 is 1.48 bits per heavy atom. The van der Waals surface area contributed by atoms with Crippen LogP contribution in [0.2, 0.25) is 0 Å². The Balaban J connectivity index is 0.00000225. The lowest BCUT2D eigenvalue weighted by Crippen LogP contribution is -1.99. The van der Waals surface area contributed by atoms with Crippen LogP contribution in [0.1, 0.15) is 0 Å². The van der Waals surface area contributed by atoms with E-state index in [2.05, 4.69) is 0 Å². The molecule has 2 aliphatic rings. The molecule has 1 heterocycles. The van der Waals surface area contributed by atoms with Crippen molar-refractivity contribution in [2.45, 2.75) is 0 Å². The van der Waals surface area contributed by atoms with E-state index in [0.29, 0.717) is 5.56 Å². The summed E-state index contributed by atoms with van der Waals surface area (Å²) in [6.45, 7) is 0. The standard InChI is InChI=1S/C17H14O7.ClH/c1-22-14-3-8(4-15(23-2)16(14)21)17-12(20)7-10-11(19)5-9(18)6-13(10)24-17;/h3-7,19-21H,1-2H3;1H. The van der Waals surface area contributed by atoms with E-state index in [1.54, 1.807) is 0 Å². The Kier molecular flexibility index (Phi) is 4.99. The Hall–Kier alpha value is -3.06. The van der Waals surface area contributed by atoms with Gasteiger partial charge in [-0.1, -0.05) is 0 Å². The molecule has 0 aromatic heterocycles. The lowest BCUT2D eigenvalue weighted by molar-refractivity contribution is 0.340. The molecule has 0 bridgehead atoms. The van der Waals surface area contributed by atoms with Crippen molar-refractivity contribution in [3.05, 3.63) is 40.6 Å². The van der Waals surface area contributed by atoms with Crippen LogP contribution in [0.25, 0.3) is 22.6 Å². The molecule has 7 nitrogen and oxygen atoms in total. The van der Waals surface area contributed by atoms with E-state index in [1.165, 1.54) is 38.5 Å². The Bertz CT molecular complexity index is 923. The zero-order valence-corrected chi connectivity index (χ0v) is 14.1. The Morgan fingerprint density at radius 3 is 2.04 bits per heavy atom. The molecule has 0 unspecified atom stereocenters. The van der Waals surface area contributed by atoms with Gasteiger partial charge < -0.3 is 29.2 Å². The van der Waals surface area contributed by atoms with Gasteiger partial charge in [-0.25, -0.2) is 0 Å². The van der Waals surface area contributed by atoms with Gasteiger partial charge in [-0.15, -0.1) is 12.4 Å². The highest BCUT2D eigenvalue weighted by atomic mass is 35.5. The number of phenolic OH excluding ortho intramolecular Hbond substituents is 2. The van der Waals surface area contributed by atoms with Crippen LogP contribution in [0, 0.1) is 0 Å². The summed E-state index contributed by atoms with van der Waals surface area (Å²) in [5, 5.41) is 30.0. The smallest absolute Gasteiger partial charge is 0.200 e. The molecule has 1 aromatic carbocycles. The van der Waals surface area contributed by atoms with E-state index in [4.69, 9.17) is 13.9 Å². The van der Waals surface area contributed by atoms with Crippen molar-refractivity contribution in [1.82, 2.24) is 0 Å². The van der Waals surface area contributed by atoms with Crippen LogP contribution in [0.5, 0.6) is 28.7 Å². The van der Waals surface area contributed by atoms with Crippen LogP contribution < -0.4 is 14.9 Å². The minimum Gasteiger partial charge on any atom is -0.507 e. The highest BCUT2D eigenvalue weighted by Gasteiger charge is 2.20. The molecule has 3 rings (SSSR count). The van der Waals surface area contributed by atoms with Gasteiger partial charge in [0.25, 0.3) is 0 Å². The van der Waals surface area contributed by atoms with Gasteiger partial charge in [-0.3, -0.25) is 4.79 Å². The van der Waals surface area contributed by atoms with E-state index in [9.17, 15) is 20.1 Å². The molecule has 8 heteroatoms. The number of phenols is 2. The average Bonchev–Trinajstić information content (AvgIpc) is 2.55. The molecule has 1 aliphatic carbocycles. The lowest BCUT2D eigenvalue weighted by atomic mass is 10.1. The topological polar surface area (TPSA) is 109 Å². The summed E-state index contributed by atoms with van der Waals surface area (Å²) in [7, 11) is 2.74. The number of benzene rings is 2. The molecule has 0 fully saturated rings. The Labute approximate surface area is 148 Å². The molecule has 1 aromatic rings. The first kappa shape index (κ1) is 18.3. The predicted octanol–water partition coefficient (Wildman–Crippen LogP) is 2.97. The maximum atomic E-state index is 11.5. The molecule has 0 saturated carbocycles. The molecular formula is C17H15ClO7. The lowest BCUT2D eigenvalue weighted by Gasteiger charge is -2.14. The first-order valence-corrected chi connectivity index (χ1v) is 6.89. The third kappa shape index (κ3) is 3.14. The van der Waals surface area contributed by atoms with Gasteiger partial charge >= 0.3 is 0 Å². The number of hydrogen-bond acceptors (Lipinski definition) is 7. The van der Waals surface area contributed by atoms with Crippen molar-refractivity contribution in [1.29, 1.82) is 0 Å². The summed E-state index contributed by atoms with van der Waals surface area (Å²) < 4.78 is 15.7. The first-order chi connectivity index (χ1) is 11.4. The number of hydrogen-bond donors (Lipinski definition) is 3. The van der Waals surface area contributed by atoms with Crippen molar-refractivity contribution >= 4 is 12.4 Å². The van der Waals surface area contributed by atoms with Crippen LogP contribution in [-0.4, -0.2) is 29.5 Å². The quantitative estimate of drug-likeness (QED) is 0.653. The zero-order chi connectivity index (χ0) is 17.4. The molecule has 0 amide bonds. The molecule has 3 N–H and O–H groups in total. The van der Waals surface area contributed by atoms with E-state index >= 15 is 0 Å². The minimum absolute atomic E-state index is 0. The SMILES string of the molecule is COc1cc(-c2oc3cc(=O)cc(O)c-3cc2O)cc(OC)c1O.Cl. The number of methoxy groups -OCH3 is 2. The number of fused-ring (bicyclic) bond motifs is 1. The van der Waals surface area contributed by atoms with Gasteiger partial charge in [0.2, 0.25) is 5.75 Å². The van der Waals surface area contributed by atoms with E-state index in [0.717, 1.165) is 6.07 Å². The molecule has 0 saturated heterocycles. The molecule has 0 radical (unpaired) electrons. The van der Waals surface area contributed by atoms with Crippen molar-refractivity contribution in [3.63, 3.8) is 0 Å². The summed E-state index contributed by atoms with van der Waals surface area (Å²) in [4.78, 5) is 11.5. The molecule has 25 heavy (non-hydrogen) atoms. The highest BCUT2D eigenvalue weighted by Crippen LogP contribution is 2.44. The summed E-state index contributed by atoms with van der Waals surface area (Å²) >= 11 is 0. The van der Waals surface area contributed by atoms with Gasteiger partial charge in [0.15, 0.2) is 28.4 Å². The van der Waals surface area contributed by atoms with Crippen LogP contribution >= 0.6 is 12.4 Å². The average molecular weight is 367 g/mol.